The number of piperazine rings is 1. The maximum Gasteiger partial charge on any atom is 0.326 e. The zero-order valence-electron chi connectivity index (χ0n) is 17.3. The highest BCUT2D eigenvalue weighted by atomic mass is 32.2. The number of carbonyl (C=O) groups is 2. The van der Waals surface area contributed by atoms with E-state index in [2.05, 4.69) is 19.2 Å². The van der Waals surface area contributed by atoms with Gasteiger partial charge in [0.05, 0.1) is 11.6 Å². The average Bonchev–Trinajstić information content (AvgIpc) is 2.91. The van der Waals surface area contributed by atoms with Gasteiger partial charge in [-0.05, 0) is 37.8 Å². The predicted octanol–water partition coefficient (Wildman–Crippen LogP) is 1.70. The van der Waals surface area contributed by atoms with E-state index in [1.165, 1.54) is 9.21 Å². The van der Waals surface area contributed by atoms with Crippen LogP contribution in [0.5, 0.6) is 0 Å². The molecule has 0 saturated carbocycles. The van der Waals surface area contributed by atoms with Crippen molar-refractivity contribution in [2.24, 2.45) is 5.92 Å². The van der Waals surface area contributed by atoms with Crippen LogP contribution < -0.4 is 5.32 Å². The predicted molar refractivity (Wildman–Crippen MR) is 109 cm³/mol. The molecule has 0 aromatic heterocycles. The summed E-state index contributed by atoms with van der Waals surface area (Å²) in [4.78, 5) is 28.7. The molecule has 1 aromatic carbocycles. The zero-order valence-corrected chi connectivity index (χ0v) is 18.1. The molecular formula is C20H30N4O4S. The van der Waals surface area contributed by atoms with Crippen molar-refractivity contribution in [3.63, 3.8) is 0 Å². The molecule has 2 saturated heterocycles. The van der Waals surface area contributed by atoms with Crippen LogP contribution in [-0.2, 0) is 14.8 Å². The standard InChI is InChI=1S/C20H30N4O4S/c1-16(2)9-10-20(3)18(25)24(19(26)21-20)15-22-11-13-23(14-12-22)29(27,28)17-7-5-4-6-8-17/h4-8,16H,9-15H2,1-3H3,(H,21,26)/t20-/m1/s1. The van der Waals surface area contributed by atoms with Gasteiger partial charge in [0.2, 0.25) is 10.0 Å². The molecule has 1 N–H and O–H groups in total. The number of hydrogen-bond donors (Lipinski definition) is 1. The normalized spacial score (nSPS) is 24.3. The number of rotatable bonds is 7. The Morgan fingerprint density at radius 1 is 1.07 bits per heavy atom. The van der Waals surface area contributed by atoms with Gasteiger partial charge in [0.25, 0.3) is 5.91 Å². The second-order valence-corrected chi connectivity index (χ2v) is 10.3. The van der Waals surface area contributed by atoms with Crippen LogP contribution in [-0.4, -0.2) is 72.8 Å². The number of nitrogens with one attached hydrogen (secondary N) is 1. The number of urea groups is 1. The van der Waals surface area contributed by atoms with Crippen molar-refractivity contribution >= 4 is 22.0 Å². The van der Waals surface area contributed by atoms with Crippen molar-refractivity contribution in [1.29, 1.82) is 0 Å². The Morgan fingerprint density at radius 2 is 1.69 bits per heavy atom. The SMILES string of the molecule is CC(C)CC[C@@]1(C)NC(=O)N(CN2CCN(S(=O)(=O)c3ccccc3)CC2)C1=O. The Morgan fingerprint density at radius 3 is 2.28 bits per heavy atom. The van der Waals surface area contributed by atoms with Gasteiger partial charge in [0, 0.05) is 26.2 Å². The quantitative estimate of drug-likeness (QED) is 0.676. The van der Waals surface area contributed by atoms with Gasteiger partial charge in [0.15, 0.2) is 0 Å². The molecule has 0 radical (unpaired) electrons. The number of hydrogen-bond acceptors (Lipinski definition) is 5. The van der Waals surface area contributed by atoms with Crippen molar-refractivity contribution < 1.29 is 18.0 Å². The lowest BCUT2D eigenvalue weighted by Crippen LogP contribution is -2.53. The first-order valence-corrected chi connectivity index (χ1v) is 11.5. The molecular weight excluding hydrogens is 392 g/mol. The molecule has 2 heterocycles. The maximum atomic E-state index is 12.8. The number of sulfonamides is 1. The van der Waals surface area contributed by atoms with Crippen LogP contribution in [0.3, 0.4) is 0 Å². The molecule has 0 unspecified atom stereocenters. The lowest BCUT2D eigenvalue weighted by atomic mass is 9.92. The van der Waals surface area contributed by atoms with E-state index in [0.717, 1.165) is 6.42 Å². The second-order valence-electron chi connectivity index (χ2n) is 8.40. The fourth-order valence-corrected chi connectivity index (χ4v) is 5.12. The van der Waals surface area contributed by atoms with Gasteiger partial charge in [0.1, 0.15) is 5.54 Å². The number of nitrogens with zero attached hydrogens (tertiary/aromatic N) is 3. The summed E-state index contributed by atoms with van der Waals surface area (Å²) in [6, 6.07) is 8.00. The smallest absolute Gasteiger partial charge is 0.323 e. The Balaban J connectivity index is 1.58. The molecule has 3 rings (SSSR count). The number of carbonyl (C=O) groups excluding carboxylic acids is 2. The topological polar surface area (TPSA) is 90.0 Å². The van der Waals surface area contributed by atoms with E-state index in [0.29, 0.717) is 38.5 Å². The summed E-state index contributed by atoms with van der Waals surface area (Å²) < 4.78 is 26.9. The Labute approximate surface area is 172 Å². The van der Waals surface area contributed by atoms with Crippen LogP contribution in [0.4, 0.5) is 4.79 Å². The Kier molecular flexibility index (Phi) is 6.30. The van der Waals surface area contributed by atoms with Crippen LogP contribution >= 0.6 is 0 Å². The van der Waals surface area contributed by atoms with Crippen molar-refractivity contribution in [3.05, 3.63) is 30.3 Å². The summed E-state index contributed by atoms with van der Waals surface area (Å²) in [6.07, 6.45) is 1.46. The number of imide groups is 1. The van der Waals surface area contributed by atoms with Gasteiger partial charge in [-0.25, -0.2) is 18.1 Å². The molecule has 160 valence electrons. The molecule has 0 spiro atoms. The van der Waals surface area contributed by atoms with E-state index in [1.54, 1.807) is 37.3 Å². The van der Waals surface area contributed by atoms with E-state index in [4.69, 9.17) is 0 Å². The first-order valence-electron chi connectivity index (χ1n) is 10.1. The summed E-state index contributed by atoms with van der Waals surface area (Å²) >= 11 is 0. The highest BCUT2D eigenvalue weighted by molar-refractivity contribution is 7.89. The molecule has 1 aromatic rings. The van der Waals surface area contributed by atoms with Gasteiger partial charge in [-0.15, -0.1) is 0 Å². The van der Waals surface area contributed by atoms with Crippen molar-refractivity contribution in [2.75, 3.05) is 32.8 Å². The van der Waals surface area contributed by atoms with Gasteiger partial charge in [-0.2, -0.15) is 4.31 Å². The van der Waals surface area contributed by atoms with Gasteiger partial charge in [-0.3, -0.25) is 9.69 Å². The number of benzene rings is 1. The fraction of sp³-hybridized carbons (Fsp3) is 0.600. The lowest BCUT2D eigenvalue weighted by Gasteiger charge is -2.35. The molecule has 3 amide bonds. The molecule has 0 bridgehead atoms. The number of amides is 3. The van der Waals surface area contributed by atoms with Crippen LogP contribution in [0.2, 0.25) is 0 Å². The largest absolute Gasteiger partial charge is 0.326 e. The van der Waals surface area contributed by atoms with Crippen molar-refractivity contribution in [2.45, 2.75) is 44.0 Å². The minimum atomic E-state index is -3.52. The molecule has 8 nitrogen and oxygen atoms in total. The van der Waals surface area contributed by atoms with Gasteiger partial charge >= 0.3 is 6.03 Å². The first-order chi connectivity index (χ1) is 13.6. The maximum absolute atomic E-state index is 12.8. The molecule has 2 fully saturated rings. The lowest BCUT2D eigenvalue weighted by molar-refractivity contribution is -0.132. The third-order valence-electron chi connectivity index (χ3n) is 5.62. The van der Waals surface area contributed by atoms with Crippen LogP contribution in [0.15, 0.2) is 35.2 Å². The summed E-state index contributed by atoms with van der Waals surface area (Å²) in [5.41, 5.74) is -0.861. The summed E-state index contributed by atoms with van der Waals surface area (Å²) in [5.74, 6) is 0.243. The average molecular weight is 423 g/mol. The second kappa shape index (κ2) is 8.41. The third-order valence-corrected chi connectivity index (χ3v) is 7.53. The zero-order chi connectivity index (χ0) is 21.2. The molecule has 29 heavy (non-hydrogen) atoms. The summed E-state index contributed by atoms with van der Waals surface area (Å²) in [6.45, 7) is 7.71. The molecule has 1 atom stereocenters. The summed E-state index contributed by atoms with van der Waals surface area (Å²) in [5, 5.41) is 2.83. The van der Waals surface area contributed by atoms with Crippen LogP contribution in [0.25, 0.3) is 0 Å². The highest BCUT2D eigenvalue weighted by Crippen LogP contribution is 2.25. The van der Waals surface area contributed by atoms with E-state index in [-0.39, 0.29) is 23.5 Å². The first kappa shape index (κ1) is 21.7. The van der Waals surface area contributed by atoms with E-state index < -0.39 is 15.6 Å². The van der Waals surface area contributed by atoms with Crippen LogP contribution in [0, 0.1) is 5.92 Å². The summed E-state index contributed by atoms with van der Waals surface area (Å²) in [7, 11) is -3.52. The molecule has 2 aliphatic heterocycles. The Hall–Kier alpha value is -1.97. The van der Waals surface area contributed by atoms with E-state index in [1.807, 2.05) is 4.90 Å². The van der Waals surface area contributed by atoms with E-state index >= 15 is 0 Å². The monoisotopic (exact) mass is 422 g/mol. The highest BCUT2D eigenvalue weighted by Gasteiger charge is 2.48. The van der Waals surface area contributed by atoms with Crippen LogP contribution in [0.1, 0.15) is 33.6 Å². The van der Waals surface area contributed by atoms with Gasteiger partial charge < -0.3 is 5.32 Å². The molecule has 0 aliphatic carbocycles. The van der Waals surface area contributed by atoms with E-state index in [9.17, 15) is 18.0 Å². The minimum absolute atomic E-state index is 0.182. The van der Waals surface area contributed by atoms with Crippen molar-refractivity contribution in [3.8, 4) is 0 Å². The minimum Gasteiger partial charge on any atom is -0.323 e. The fourth-order valence-electron chi connectivity index (χ4n) is 3.68. The van der Waals surface area contributed by atoms with Crippen molar-refractivity contribution in [1.82, 2.24) is 19.4 Å². The molecule has 9 heteroatoms. The Bertz CT molecular complexity index is 850. The van der Waals surface area contributed by atoms with Gasteiger partial charge in [-0.1, -0.05) is 32.0 Å². The third kappa shape index (κ3) is 4.62. The molecule has 2 aliphatic rings.